The lowest BCUT2D eigenvalue weighted by atomic mass is 10.3. The molecule has 2 heterocycles. The van der Waals surface area contributed by atoms with Gasteiger partial charge in [0.1, 0.15) is 11.5 Å². The topological polar surface area (TPSA) is 79.1 Å². The number of hydrazine groups is 1. The van der Waals surface area contributed by atoms with Crippen molar-refractivity contribution in [2.45, 2.75) is 26.7 Å². The van der Waals surface area contributed by atoms with Gasteiger partial charge in [0.15, 0.2) is 5.13 Å². The number of hydrogen-bond acceptors (Lipinski definition) is 8. The number of unbranched alkanes of at least 4 members (excludes halogenated alkanes) is 1. The van der Waals surface area contributed by atoms with Crippen molar-refractivity contribution in [2.24, 2.45) is 5.73 Å². The maximum Gasteiger partial charge on any atom is 0.198 e. The van der Waals surface area contributed by atoms with E-state index in [-0.39, 0.29) is 0 Å². The summed E-state index contributed by atoms with van der Waals surface area (Å²) in [7, 11) is 3.59. The molecule has 4 N–H and O–H groups in total. The van der Waals surface area contributed by atoms with Gasteiger partial charge in [-0.25, -0.2) is 9.97 Å². The average molecular weight is 369 g/mol. The van der Waals surface area contributed by atoms with Gasteiger partial charge in [-0.3, -0.25) is 5.43 Å². The van der Waals surface area contributed by atoms with Gasteiger partial charge < -0.3 is 10.6 Å². The van der Waals surface area contributed by atoms with E-state index in [9.17, 15) is 0 Å². The highest BCUT2D eigenvalue weighted by molar-refractivity contribution is 7.97. The van der Waals surface area contributed by atoms with Crippen molar-refractivity contribution in [1.82, 2.24) is 14.8 Å². The van der Waals surface area contributed by atoms with Gasteiger partial charge in [0, 0.05) is 24.7 Å². The van der Waals surface area contributed by atoms with E-state index in [1.165, 1.54) is 19.9 Å². The maximum absolute atomic E-state index is 4.72. The Morgan fingerprint density at radius 3 is 2.71 bits per heavy atom. The molecular weight excluding hydrogens is 340 g/mol. The first-order valence-corrected chi connectivity index (χ1v) is 9.95. The van der Waals surface area contributed by atoms with E-state index in [0.29, 0.717) is 0 Å². The number of nitrogens with zero attached hydrogens (tertiary/aromatic N) is 3. The molecular formula is C16H28N6S2. The Bertz CT molecular complexity index is 575. The first-order chi connectivity index (χ1) is 11.7. The average Bonchev–Trinajstić information content (AvgIpc) is 3.11. The van der Waals surface area contributed by atoms with Gasteiger partial charge >= 0.3 is 0 Å². The lowest BCUT2D eigenvalue weighted by Gasteiger charge is -2.18. The van der Waals surface area contributed by atoms with Crippen molar-refractivity contribution in [2.75, 3.05) is 36.7 Å². The highest BCUT2D eigenvalue weighted by Crippen LogP contribution is 2.25. The minimum Gasteiger partial charge on any atom is -0.360 e. The number of aromatic nitrogens is 2. The highest BCUT2D eigenvalue weighted by Gasteiger charge is 2.08. The van der Waals surface area contributed by atoms with E-state index in [1.807, 2.05) is 23.6 Å². The van der Waals surface area contributed by atoms with Crippen molar-refractivity contribution in [1.29, 1.82) is 0 Å². The summed E-state index contributed by atoms with van der Waals surface area (Å²) in [5, 5.41) is 2.88. The fourth-order valence-electron chi connectivity index (χ4n) is 1.89. The van der Waals surface area contributed by atoms with Gasteiger partial charge in [-0.15, -0.1) is 11.3 Å². The van der Waals surface area contributed by atoms with Gasteiger partial charge in [0.25, 0.3) is 0 Å². The molecule has 0 unspecified atom stereocenters. The summed E-state index contributed by atoms with van der Waals surface area (Å²) in [6.07, 6.45) is 2.36. The van der Waals surface area contributed by atoms with E-state index >= 15 is 0 Å². The van der Waals surface area contributed by atoms with Crippen molar-refractivity contribution in [3.63, 3.8) is 0 Å². The molecule has 134 valence electrons. The zero-order valence-electron chi connectivity index (χ0n) is 14.9. The zero-order chi connectivity index (χ0) is 17.8. The van der Waals surface area contributed by atoms with E-state index in [0.717, 1.165) is 34.6 Å². The smallest absolute Gasteiger partial charge is 0.198 e. The van der Waals surface area contributed by atoms with Gasteiger partial charge in [0.2, 0.25) is 0 Å². The third-order valence-corrected chi connectivity index (χ3v) is 4.41. The standard InChI is InChI=1S/C15H23N5S2.CH5N/c1-4-6-10-20(3)14-9-7-8-12(16-14)13-11-21-15(17-13)18-19-22-5-2;1-2/h7-9,11,19H,4-6,10H2,1-3H3,(H,17,18);2H2,1H3. The van der Waals surface area contributed by atoms with E-state index in [4.69, 9.17) is 4.98 Å². The lowest BCUT2D eigenvalue weighted by Crippen LogP contribution is -2.19. The van der Waals surface area contributed by atoms with Crippen molar-refractivity contribution in [3.05, 3.63) is 23.6 Å². The van der Waals surface area contributed by atoms with Crippen LogP contribution >= 0.6 is 23.3 Å². The van der Waals surface area contributed by atoms with Gasteiger partial charge in [-0.1, -0.05) is 38.3 Å². The molecule has 0 aliphatic rings. The molecule has 0 atom stereocenters. The molecule has 2 aromatic heterocycles. The monoisotopic (exact) mass is 368 g/mol. The lowest BCUT2D eigenvalue weighted by molar-refractivity contribution is 0.760. The minimum atomic E-state index is 0.850. The molecule has 0 saturated carbocycles. The first-order valence-electron chi connectivity index (χ1n) is 8.09. The van der Waals surface area contributed by atoms with Crippen LogP contribution < -0.4 is 20.9 Å². The predicted octanol–water partition coefficient (Wildman–Crippen LogP) is 3.60. The number of anilines is 2. The molecule has 0 bridgehead atoms. The Morgan fingerprint density at radius 1 is 1.21 bits per heavy atom. The molecule has 0 amide bonds. The second-order valence-corrected chi connectivity index (χ2v) is 6.78. The Labute approximate surface area is 153 Å². The van der Waals surface area contributed by atoms with Gasteiger partial charge in [-0.2, -0.15) is 4.83 Å². The predicted molar refractivity (Wildman–Crippen MR) is 109 cm³/mol. The van der Waals surface area contributed by atoms with Crippen LogP contribution in [0.25, 0.3) is 11.4 Å². The molecule has 2 rings (SSSR count). The van der Waals surface area contributed by atoms with Crippen LogP contribution in [0, 0.1) is 0 Å². The maximum atomic E-state index is 4.72. The summed E-state index contributed by atoms with van der Waals surface area (Å²) in [6.45, 7) is 5.32. The molecule has 0 radical (unpaired) electrons. The Morgan fingerprint density at radius 2 is 2.00 bits per heavy atom. The fourth-order valence-corrected chi connectivity index (χ4v) is 2.92. The van der Waals surface area contributed by atoms with Crippen LogP contribution in [0.1, 0.15) is 26.7 Å². The number of nitrogens with one attached hydrogen (secondary N) is 2. The molecule has 8 heteroatoms. The fraction of sp³-hybridized carbons (Fsp3) is 0.500. The highest BCUT2D eigenvalue weighted by atomic mass is 32.2. The minimum absolute atomic E-state index is 0.850. The number of rotatable bonds is 9. The van der Waals surface area contributed by atoms with Crippen LogP contribution in [0.2, 0.25) is 0 Å². The quantitative estimate of drug-likeness (QED) is 0.354. The summed E-state index contributed by atoms with van der Waals surface area (Å²) in [5.41, 5.74) is 9.40. The molecule has 2 aromatic rings. The molecule has 0 saturated heterocycles. The van der Waals surface area contributed by atoms with E-state index in [2.05, 4.69) is 46.8 Å². The van der Waals surface area contributed by atoms with Gasteiger partial charge in [0.05, 0.1) is 5.69 Å². The van der Waals surface area contributed by atoms with Crippen LogP contribution in [-0.4, -0.2) is 36.4 Å². The SMILES string of the molecule is CCCCN(C)c1cccc(-c2csc(NNSCC)n2)n1.CN. The van der Waals surface area contributed by atoms with Crippen LogP contribution in [0.4, 0.5) is 10.9 Å². The van der Waals surface area contributed by atoms with Crippen molar-refractivity contribution >= 4 is 34.2 Å². The van der Waals surface area contributed by atoms with Crippen LogP contribution in [0.5, 0.6) is 0 Å². The Kier molecular flexibility index (Phi) is 10.4. The summed E-state index contributed by atoms with van der Waals surface area (Å²) in [5.74, 6) is 1.99. The molecule has 0 aliphatic carbocycles. The molecule has 0 spiro atoms. The molecule has 0 aromatic carbocycles. The van der Waals surface area contributed by atoms with Crippen molar-refractivity contribution < 1.29 is 0 Å². The number of nitrogens with two attached hydrogens (primary N) is 1. The first kappa shape index (κ1) is 20.7. The summed E-state index contributed by atoms with van der Waals surface area (Å²) in [6, 6.07) is 6.09. The summed E-state index contributed by atoms with van der Waals surface area (Å²) < 4.78 is 0. The second kappa shape index (κ2) is 12.1. The molecule has 0 fully saturated rings. The van der Waals surface area contributed by atoms with E-state index < -0.39 is 0 Å². The third-order valence-electron chi connectivity index (χ3n) is 3.11. The van der Waals surface area contributed by atoms with Crippen molar-refractivity contribution in [3.8, 4) is 11.4 Å². The molecule has 24 heavy (non-hydrogen) atoms. The number of pyridine rings is 1. The van der Waals surface area contributed by atoms with Crippen LogP contribution in [0.3, 0.4) is 0 Å². The summed E-state index contributed by atoms with van der Waals surface area (Å²) in [4.78, 5) is 14.5. The zero-order valence-corrected chi connectivity index (χ0v) is 16.5. The Hall–Kier alpha value is -1.35. The second-order valence-electron chi connectivity index (χ2n) is 4.85. The van der Waals surface area contributed by atoms with Crippen LogP contribution in [-0.2, 0) is 0 Å². The largest absolute Gasteiger partial charge is 0.360 e. The van der Waals surface area contributed by atoms with Crippen LogP contribution in [0.15, 0.2) is 23.6 Å². The molecule has 0 aliphatic heterocycles. The molecule has 6 nitrogen and oxygen atoms in total. The Balaban J connectivity index is 0.00000139. The number of hydrogen-bond donors (Lipinski definition) is 3. The normalized spacial score (nSPS) is 10.0. The number of thiazole rings is 1. The summed E-state index contributed by atoms with van der Waals surface area (Å²) >= 11 is 3.18. The van der Waals surface area contributed by atoms with E-state index in [1.54, 1.807) is 23.3 Å². The van der Waals surface area contributed by atoms with Gasteiger partial charge in [-0.05, 0) is 25.6 Å². The third kappa shape index (κ3) is 6.64.